The van der Waals surface area contributed by atoms with Crippen LogP contribution in [0.3, 0.4) is 0 Å². The molecule has 1 heterocycles. The van der Waals surface area contributed by atoms with Crippen molar-refractivity contribution in [3.8, 4) is 0 Å². The summed E-state index contributed by atoms with van der Waals surface area (Å²) in [5, 5.41) is 0. The van der Waals surface area contributed by atoms with E-state index in [0.717, 1.165) is 0 Å². The molecule has 1 aliphatic heterocycles. The van der Waals surface area contributed by atoms with Gasteiger partial charge in [0.25, 0.3) is 0 Å². The largest absolute Gasteiger partial charge is 2.00 e. The van der Waals surface area contributed by atoms with Gasteiger partial charge in [0.05, 0.1) is 0 Å². The molecule has 0 fully saturated rings. The van der Waals surface area contributed by atoms with Gasteiger partial charge in [0.1, 0.15) is 0 Å². The van der Waals surface area contributed by atoms with Crippen LogP contribution in [0.4, 0.5) is 0 Å². The molecule has 0 aromatic heterocycles. The average molecular weight is 312 g/mol. The first-order valence-electron chi connectivity index (χ1n) is 3.67. The molecule has 2 rings (SSSR count). The number of thioether (sulfide) groups is 1. The molecule has 13 heavy (non-hydrogen) atoms. The van der Waals surface area contributed by atoms with E-state index in [1.54, 1.807) is 0 Å². The Morgan fingerprint density at radius 1 is 1.38 bits per heavy atom. The molecule has 1 unspecified atom stereocenters. The minimum absolute atomic E-state index is 0. The topological polar surface area (TPSA) is 0 Å². The third-order valence-corrected chi connectivity index (χ3v) is 3.20. The van der Waals surface area contributed by atoms with Crippen LogP contribution in [-0.4, -0.2) is 0 Å². The monoisotopic (exact) mass is 310 g/mol. The number of rotatable bonds is 1. The molecule has 0 amide bonds. The van der Waals surface area contributed by atoms with E-state index in [1.807, 2.05) is 11.8 Å². The Morgan fingerprint density at radius 2 is 2.08 bits per heavy atom. The second-order valence-electron chi connectivity index (χ2n) is 2.57. The molecular weight excluding hydrogens is 302 g/mol. The summed E-state index contributed by atoms with van der Waals surface area (Å²) in [6, 6.07) is 0. The number of halogens is 2. The Hall–Kier alpha value is 1.03. The van der Waals surface area contributed by atoms with Crippen LogP contribution < -0.4 is 24.8 Å². The van der Waals surface area contributed by atoms with Gasteiger partial charge in [0.15, 0.2) is 0 Å². The first-order chi connectivity index (χ1) is 4.90. The molecule has 4 heteroatoms. The molecule has 0 nitrogen and oxygen atoms in total. The summed E-state index contributed by atoms with van der Waals surface area (Å²) in [6.45, 7) is 2.21. The van der Waals surface area contributed by atoms with Gasteiger partial charge < -0.3 is 24.8 Å². The van der Waals surface area contributed by atoms with Gasteiger partial charge in [-0.05, 0) is 11.3 Å². The van der Waals surface area contributed by atoms with Gasteiger partial charge in [0.2, 0.25) is 0 Å². The van der Waals surface area contributed by atoms with Crippen molar-refractivity contribution in [1.29, 1.82) is 0 Å². The van der Waals surface area contributed by atoms with Crippen molar-refractivity contribution in [2.45, 2.75) is 13.3 Å². The minimum Gasteiger partial charge on any atom is -1.00 e. The van der Waals surface area contributed by atoms with E-state index in [9.17, 15) is 0 Å². The van der Waals surface area contributed by atoms with E-state index in [2.05, 4.69) is 31.2 Å². The van der Waals surface area contributed by atoms with Gasteiger partial charge in [-0.25, -0.2) is 0 Å². The fourth-order valence-electron chi connectivity index (χ4n) is 1.29. The summed E-state index contributed by atoms with van der Waals surface area (Å²) in [6.07, 6.45) is 10.2. The van der Waals surface area contributed by atoms with Crippen LogP contribution in [-0.2, 0) is 26.2 Å². The van der Waals surface area contributed by atoms with Crippen LogP contribution in [0.15, 0.2) is 34.1 Å². The number of hydrogen-bond acceptors (Lipinski definition) is 1. The molecule has 0 spiro atoms. The number of allylic oxidation sites excluding steroid dienone is 6. The third kappa shape index (κ3) is 3.59. The van der Waals surface area contributed by atoms with Crippen molar-refractivity contribution in [3.05, 3.63) is 34.1 Å². The van der Waals surface area contributed by atoms with Gasteiger partial charge in [-0.2, -0.15) is 0 Å². The van der Waals surface area contributed by atoms with Crippen molar-refractivity contribution in [2.75, 3.05) is 0 Å². The van der Waals surface area contributed by atoms with E-state index in [1.165, 1.54) is 16.2 Å². The van der Waals surface area contributed by atoms with Crippen LogP contribution in [0.25, 0.3) is 0 Å². The summed E-state index contributed by atoms with van der Waals surface area (Å²) in [4.78, 5) is 3.04. The summed E-state index contributed by atoms with van der Waals surface area (Å²) >= 11 is 1.94. The van der Waals surface area contributed by atoms with Crippen molar-refractivity contribution < 1.29 is 51.0 Å². The molecule has 0 aromatic carbocycles. The molecule has 1 aliphatic carbocycles. The van der Waals surface area contributed by atoms with Gasteiger partial charge in [-0.15, -0.1) is 0 Å². The van der Waals surface area contributed by atoms with Crippen LogP contribution >= 0.6 is 11.8 Å². The quantitative estimate of drug-likeness (QED) is 0.501. The summed E-state index contributed by atoms with van der Waals surface area (Å²) in [5.41, 5.74) is 0. The maximum Gasteiger partial charge on any atom is 2.00 e. The zero-order valence-corrected chi connectivity index (χ0v) is 12.0. The minimum atomic E-state index is 0. The van der Waals surface area contributed by atoms with Gasteiger partial charge in [0, 0.05) is 10.8 Å². The second-order valence-corrected chi connectivity index (χ2v) is 3.77. The molecule has 0 radical (unpaired) electrons. The summed E-state index contributed by atoms with van der Waals surface area (Å²) in [5.74, 6) is 0.639. The van der Waals surface area contributed by atoms with E-state index in [4.69, 9.17) is 0 Å². The first kappa shape index (κ1) is 16.5. The summed E-state index contributed by atoms with van der Waals surface area (Å²) < 4.78 is 0. The van der Waals surface area contributed by atoms with Crippen molar-refractivity contribution >= 4 is 11.8 Å². The predicted molar refractivity (Wildman–Crippen MR) is 46.7 cm³/mol. The van der Waals surface area contributed by atoms with Crippen molar-refractivity contribution in [1.82, 2.24) is 0 Å². The fraction of sp³-hybridized carbons (Fsp3) is 0.333. The Morgan fingerprint density at radius 3 is 2.62 bits per heavy atom. The Bertz CT molecular complexity index is 246. The van der Waals surface area contributed by atoms with E-state index >= 15 is 0 Å². The molecular formula is C9H10Cl2SZr. The van der Waals surface area contributed by atoms with Crippen molar-refractivity contribution in [3.63, 3.8) is 0 Å². The van der Waals surface area contributed by atoms with Crippen LogP contribution in [0.5, 0.6) is 0 Å². The van der Waals surface area contributed by atoms with Gasteiger partial charge >= 0.3 is 26.2 Å². The smallest absolute Gasteiger partial charge is 1.00 e. The average Bonchev–Trinajstić information content (AvgIpc) is 2.42. The van der Waals surface area contributed by atoms with E-state index in [0.29, 0.717) is 5.92 Å². The molecule has 2 aliphatic rings. The molecule has 0 aromatic rings. The maximum absolute atomic E-state index is 2.36. The Balaban J connectivity index is 0. The Kier molecular flexibility index (Phi) is 9.30. The van der Waals surface area contributed by atoms with Crippen LogP contribution in [0.1, 0.15) is 13.3 Å². The molecule has 0 saturated carbocycles. The predicted octanol–water partition coefficient (Wildman–Crippen LogP) is -2.90. The number of hydrogen-bond donors (Lipinski definition) is 0. The molecule has 0 N–H and O–H groups in total. The molecule has 1 atom stereocenters. The zero-order chi connectivity index (χ0) is 6.97. The zero-order valence-electron chi connectivity index (χ0n) is 7.26. The van der Waals surface area contributed by atoms with Gasteiger partial charge in [-0.3, -0.25) is 0 Å². The molecule has 0 saturated heterocycles. The van der Waals surface area contributed by atoms with Gasteiger partial charge in [-0.1, -0.05) is 43.0 Å². The van der Waals surface area contributed by atoms with Crippen LogP contribution in [0.2, 0.25) is 0 Å². The van der Waals surface area contributed by atoms with E-state index < -0.39 is 0 Å². The molecule has 0 bridgehead atoms. The SMILES string of the molecule is CCC1=CC2C=CC=C2S1.[Cl-].[Cl-].[Zr+2]. The third-order valence-electron chi connectivity index (χ3n) is 1.87. The second kappa shape index (κ2) is 7.34. The fourth-order valence-corrected chi connectivity index (χ4v) is 2.38. The van der Waals surface area contributed by atoms with Crippen LogP contribution in [0, 0.1) is 5.92 Å². The van der Waals surface area contributed by atoms with E-state index in [-0.39, 0.29) is 51.0 Å². The molecule has 70 valence electrons. The number of fused-ring (bicyclic) bond motifs is 1. The van der Waals surface area contributed by atoms with Crippen molar-refractivity contribution in [2.24, 2.45) is 5.92 Å². The first-order valence-corrected chi connectivity index (χ1v) is 4.48. The normalized spacial score (nSPS) is 21.8. The maximum atomic E-state index is 2.36. The Labute approximate surface area is 115 Å². The summed E-state index contributed by atoms with van der Waals surface area (Å²) in [7, 11) is 0. The standard InChI is InChI=1S/C9H10S.2ClH.Zr/c1-2-8-6-7-4-3-5-9(7)10-8;;;/h3-7H,2H2,1H3;2*1H;/q;;;+2/p-2.